The molecule has 1 heterocycles. The number of unbranched alkanes of at least 4 members (excludes halogenated alkanes) is 3. The fourth-order valence-corrected chi connectivity index (χ4v) is 3.40. The van der Waals surface area contributed by atoms with Crippen LogP contribution in [0.15, 0.2) is 18.2 Å². The van der Waals surface area contributed by atoms with Crippen molar-refractivity contribution in [2.24, 2.45) is 0 Å². The summed E-state index contributed by atoms with van der Waals surface area (Å²) in [7, 11) is 0. The molecule has 0 fully saturated rings. The SMILES string of the molecule is CCOC(=O)CCCCCCN1C(=O)C(C)(C)c2cccc(C(=O)O)c21. The number of rotatable bonds is 9. The fourth-order valence-electron chi connectivity index (χ4n) is 3.40. The van der Waals surface area contributed by atoms with Gasteiger partial charge in [0, 0.05) is 13.0 Å². The van der Waals surface area contributed by atoms with Gasteiger partial charge in [0.25, 0.3) is 0 Å². The number of esters is 1. The molecule has 2 rings (SSSR count). The fraction of sp³-hybridized carbons (Fsp3) is 0.550. The summed E-state index contributed by atoms with van der Waals surface area (Å²) in [5, 5.41) is 9.48. The minimum atomic E-state index is -1.02. The van der Waals surface area contributed by atoms with Gasteiger partial charge in [-0.1, -0.05) is 25.0 Å². The van der Waals surface area contributed by atoms with E-state index in [-0.39, 0.29) is 17.4 Å². The van der Waals surface area contributed by atoms with Gasteiger partial charge in [0.2, 0.25) is 5.91 Å². The van der Waals surface area contributed by atoms with E-state index in [0.29, 0.717) is 25.3 Å². The number of ether oxygens (including phenoxy) is 1. The van der Waals surface area contributed by atoms with Gasteiger partial charge in [-0.15, -0.1) is 0 Å². The van der Waals surface area contributed by atoms with E-state index in [1.54, 1.807) is 24.0 Å². The molecular weight excluding hydrogens is 334 g/mol. The van der Waals surface area contributed by atoms with Crippen molar-refractivity contribution in [1.29, 1.82) is 0 Å². The molecule has 1 amide bonds. The highest BCUT2D eigenvalue weighted by Crippen LogP contribution is 2.43. The molecule has 26 heavy (non-hydrogen) atoms. The molecule has 0 saturated carbocycles. The molecule has 0 radical (unpaired) electrons. The number of hydrogen-bond acceptors (Lipinski definition) is 4. The number of para-hydroxylation sites is 1. The van der Waals surface area contributed by atoms with Gasteiger partial charge in [0.1, 0.15) is 0 Å². The average molecular weight is 361 g/mol. The number of aromatic carboxylic acids is 1. The normalized spacial score (nSPS) is 15.0. The van der Waals surface area contributed by atoms with Crippen LogP contribution in [0.25, 0.3) is 0 Å². The number of nitrogens with zero attached hydrogens (tertiary/aromatic N) is 1. The van der Waals surface area contributed by atoms with Crippen LogP contribution in [0.4, 0.5) is 5.69 Å². The first-order valence-corrected chi connectivity index (χ1v) is 9.15. The minimum absolute atomic E-state index is 0.0623. The van der Waals surface area contributed by atoms with Crippen molar-refractivity contribution in [3.8, 4) is 0 Å². The van der Waals surface area contributed by atoms with Crippen molar-refractivity contribution < 1.29 is 24.2 Å². The molecule has 142 valence electrons. The number of carboxylic acids is 1. The molecule has 1 aromatic rings. The van der Waals surface area contributed by atoms with Crippen LogP contribution in [0.5, 0.6) is 0 Å². The average Bonchev–Trinajstić information content (AvgIpc) is 2.78. The molecule has 1 aliphatic heterocycles. The van der Waals surface area contributed by atoms with Gasteiger partial charge >= 0.3 is 11.9 Å². The smallest absolute Gasteiger partial charge is 0.337 e. The van der Waals surface area contributed by atoms with E-state index in [1.807, 2.05) is 19.9 Å². The molecule has 0 aromatic heterocycles. The quantitative estimate of drug-likeness (QED) is 0.537. The van der Waals surface area contributed by atoms with E-state index in [9.17, 15) is 19.5 Å². The highest BCUT2D eigenvalue weighted by Gasteiger charge is 2.45. The van der Waals surface area contributed by atoms with E-state index in [1.165, 1.54) is 0 Å². The zero-order valence-electron chi connectivity index (χ0n) is 15.7. The lowest BCUT2D eigenvalue weighted by Crippen LogP contribution is -2.37. The van der Waals surface area contributed by atoms with Gasteiger partial charge in [-0.25, -0.2) is 4.79 Å². The maximum Gasteiger partial charge on any atom is 0.337 e. The van der Waals surface area contributed by atoms with E-state index in [0.717, 1.165) is 31.2 Å². The van der Waals surface area contributed by atoms with Gasteiger partial charge in [0.05, 0.1) is 23.3 Å². The Morgan fingerprint density at radius 2 is 1.85 bits per heavy atom. The Hall–Kier alpha value is -2.37. The van der Waals surface area contributed by atoms with Gasteiger partial charge in [0.15, 0.2) is 0 Å². The van der Waals surface area contributed by atoms with Crippen LogP contribution < -0.4 is 4.90 Å². The second-order valence-electron chi connectivity index (χ2n) is 7.06. The number of anilines is 1. The highest BCUT2D eigenvalue weighted by atomic mass is 16.5. The van der Waals surface area contributed by atoms with Gasteiger partial charge in [-0.3, -0.25) is 9.59 Å². The van der Waals surface area contributed by atoms with Gasteiger partial charge in [-0.05, 0) is 45.2 Å². The van der Waals surface area contributed by atoms with Gasteiger partial charge in [-0.2, -0.15) is 0 Å². The monoisotopic (exact) mass is 361 g/mol. The van der Waals surface area contributed by atoms with Crippen LogP contribution in [-0.2, 0) is 19.7 Å². The second kappa shape index (κ2) is 8.34. The van der Waals surface area contributed by atoms with Crippen LogP contribution in [0, 0.1) is 0 Å². The lowest BCUT2D eigenvalue weighted by atomic mass is 9.85. The van der Waals surface area contributed by atoms with E-state index >= 15 is 0 Å². The minimum Gasteiger partial charge on any atom is -0.478 e. The van der Waals surface area contributed by atoms with Crippen molar-refractivity contribution in [3.63, 3.8) is 0 Å². The van der Waals surface area contributed by atoms with Gasteiger partial charge < -0.3 is 14.7 Å². The summed E-state index contributed by atoms with van der Waals surface area (Å²) in [6, 6.07) is 5.07. The summed E-state index contributed by atoms with van der Waals surface area (Å²) >= 11 is 0. The molecule has 1 aromatic carbocycles. The molecule has 1 aliphatic rings. The summed E-state index contributed by atoms with van der Waals surface area (Å²) in [4.78, 5) is 37.3. The van der Waals surface area contributed by atoms with Crippen LogP contribution in [-0.4, -0.2) is 36.1 Å². The molecule has 0 spiro atoms. The molecule has 1 N–H and O–H groups in total. The molecule has 6 nitrogen and oxygen atoms in total. The summed E-state index contributed by atoms with van der Waals surface area (Å²) < 4.78 is 4.89. The lowest BCUT2D eigenvalue weighted by Gasteiger charge is -2.21. The number of hydrogen-bond donors (Lipinski definition) is 1. The number of carbonyl (C=O) groups is 3. The first-order chi connectivity index (χ1) is 12.3. The Labute approximate surface area is 154 Å². The predicted molar refractivity (Wildman–Crippen MR) is 98.5 cm³/mol. The Morgan fingerprint density at radius 3 is 2.50 bits per heavy atom. The standard InChI is InChI=1S/C20H27NO5/c1-4-26-16(22)12-7-5-6-8-13-21-17-14(18(23)24)10-9-11-15(17)20(2,3)19(21)25/h9-11H,4-8,12-13H2,1-3H3,(H,23,24). The third-order valence-electron chi connectivity index (χ3n) is 4.81. The Kier molecular flexibility index (Phi) is 6.40. The highest BCUT2D eigenvalue weighted by molar-refractivity contribution is 6.12. The van der Waals surface area contributed by atoms with Crippen molar-refractivity contribution in [2.75, 3.05) is 18.1 Å². The number of amides is 1. The molecule has 0 saturated heterocycles. The van der Waals surface area contributed by atoms with Crippen LogP contribution in [0.2, 0.25) is 0 Å². The van der Waals surface area contributed by atoms with Crippen LogP contribution in [0.3, 0.4) is 0 Å². The molecule has 0 bridgehead atoms. The summed E-state index contributed by atoms with van der Waals surface area (Å²) in [6.07, 6.45) is 3.68. The largest absolute Gasteiger partial charge is 0.478 e. The molecule has 0 atom stereocenters. The summed E-state index contributed by atoms with van der Waals surface area (Å²) in [6.45, 7) is 6.34. The van der Waals surface area contributed by atoms with Crippen molar-refractivity contribution in [1.82, 2.24) is 0 Å². The van der Waals surface area contributed by atoms with Crippen molar-refractivity contribution >= 4 is 23.5 Å². The topological polar surface area (TPSA) is 83.9 Å². The van der Waals surface area contributed by atoms with Crippen LogP contribution >= 0.6 is 0 Å². The molecule has 0 aliphatic carbocycles. The summed E-state index contributed by atoms with van der Waals surface area (Å²) in [5.74, 6) is -1.26. The number of carbonyl (C=O) groups excluding carboxylic acids is 2. The van der Waals surface area contributed by atoms with E-state index in [4.69, 9.17) is 4.74 Å². The molecular formula is C20H27NO5. The first-order valence-electron chi connectivity index (χ1n) is 9.15. The first kappa shape index (κ1) is 19.9. The third-order valence-corrected chi connectivity index (χ3v) is 4.81. The predicted octanol–water partition coefficient (Wildman–Crippen LogP) is 3.52. The number of carboxylic acid groups (broad SMARTS) is 1. The molecule has 0 unspecified atom stereocenters. The number of benzene rings is 1. The summed E-state index contributed by atoms with van der Waals surface area (Å²) in [5.41, 5.74) is 0.750. The maximum absolute atomic E-state index is 12.8. The second-order valence-corrected chi connectivity index (χ2v) is 7.06. The zero-order chi connectivity index (χ0) is 19.3. The maximum atomic E-state index is 12.8. The Balaban J connectivity index is 1.98. The molecule has 6 heteroatoms. The third kappa shape index (κ3) is 4.06. The van der Waals surface area contributed by atoms with Crippen molar-refractivity contribution in [3.05, 3.63) is 29.3 Å². The van der Waals surface area contributed by atoms with Crippen molar-refractivity contribution in [2.45, 2.75) is 58.3 Å². The Morgan fingerprint density at radius 1 is 1.15 bits per heavy atom. The number of fused-ring (bicyclic) bond motifs is 1. The van der Waals surface area contributed by atoms with E-state index in [2.05, 4.69) is 0 Å². The zero-order valence-corrected chi connectivity index (χ0v) is 15.7. The lowest BCUT2D eigenvalue weighted by molar-refractivity contribution is -0.143. The van der Waals surface area contributed by atoms with Crippen LogP contribution in [0.1, 0.15) is 68.8 Å². The Bertz CT molecular complexity index is 695. The van der Waals surface area contributed by atoms with E-state index < -0.39 is 11.4 Å².